The molecule has 1 aliphatic carbocycles. The predicted molar refractivity (Wildman–Crippen MR) is 77.1 cm³/mol. The van der Waals surface area contributed by atoms with Gasteiger partial charge in [-0.05, 0) is 18.3 Å². The summed E-state index contributed by atoms with van der Waals surface area (Å²) >= 11 is 0. The first kappa shape index (κ1) is 14.6. The second-order valence-corrected chi connectivity index (χ2v) is 5.70. The number of rotatable bonds is 5. The van der Waals surface area contributed by atoms with Crippen molar-refractivity contribution in [3.8, 4) is 5.88 Å². The Bertz CT molecular complexity index is 485. The van der Waals surface area contributed by atoms with E-state index in [0.29, 0.717) is 18.2 Å². The molecule has 1 aliphatic rings. The van der Waals surface area contributed by atoms with Gasteiger partial charge in [0.15, 0.2) is 0 Å². The van der Waals surface area contributed by atoms with Gasteiger partial charge in [-0.3, -0.25) is 10.1 Å². The number of hydrogen-bond donors (Lipinski definition) is 1. The summed E-state index contributed by atoms with van der Waals surface area (Å²) < 4.78 is 5.03. The van der Waals surface area contributed by atoms with E-state index in [-0.39, 0.29) is 11.1 Å². The molecule has 20 heavy (non-hydrogen) atoms. The van der Waals surface area contributed by atoms with Crippen molar-refractivity contribution < 1.29 is 9.66 Å². The van der Waals surface area contributed by atoms with Crippen molar-refractivity contribution in [3.05, 3.63) is 22.2 Å². The fourth-order valence-electron chi connectivity index (χ4n) is 2.70. The SMILES string of the molecule is COc1ccc([N+](=O)[O-])c(NCC2(C)CCCCC2)n1. The first-order valence-corrected chi connectivity index (χ1v) is 6.97. The fourth-order valence-corrected chi connectivity index (χ4v) is 2.70. The van der Waals surface area contributed by atoms with Gasteiger partial charge in [-0.2, -0.15) is 4.98 Å². The van der Waals surface area contributed by atoms with Crippen LogP contribution >= 0.6 is 0 Å². The van der Waals surface area contributed by atoms with Crippen LogP contribution in [0.25, 0.3) is 0 Å². The molecule has 0 amide bonds. The van der Waals surface area contributed by atoms with Crippen LogP contribution in [0.2, 0.25) is 0 Å². The summed E-state index contributed by atoms with van der Waals surface area (Å²) in [4.78, 5) is 14.8. The largest absolute Gasteiger partial charge is 0.481 e. The average Bonchev–Trinajstić information content (AvgIpc) is 2.45. The first-order chi connectivity index (χ1) is 9.54. The van der Waals surface area contributed by atoms with Gasteiger partial charge in [0.1, 0.15) is 0 Å². The van der Waals surface area contributed by atoms with Crippen LogP contribution in [0.15, 0.2) is 12.1 Å². The Morgan fingerprint density at radius 2 is 2.10 bits per heavy atom. The lowest BCUT2D eigenvalue weighted by Crippen LogP contribution is -2.29. The number of pyridine rings is 1. The lowest BCUT2D eigenvalue weighted by Gasteiger charge is -2.33. The van der Waals surface area contributed by atoms with Gasteiger partial charge in [0, 0.05) is 18.7 Å². The molecule has 1 N–H and O–H groups in total. The third-order valence-electron chi connectivity index (χ3n) is 4.00. The summed E-state index contributed by atoms with van der Waals surface area (Å²) in [6.07, 6.45) is 6.04. The molecule has 2 rings (SSSR count). The van der Waals surface area contributed by atoms with Gasteiger partial charge in [-0.25, -0.2) is 0 Å². The van der Waals surface area contributed by atoms with Crippen LogP contribution in [-0.2, 0) is 0 Å². The van der Waals surface area contributed by atoms with Crippen LogP contribution in [0.1, 0.15) is 39.0 Å². The number of aromatic nitrogens is 1. The van der Waals surface area contributed by atoms with Gasteiger partial charge in [0.2, 0.25) is 11.7 Å². The van der Waals surface area contributed by atoms with Crippen molar-refractivity contribution in [1.29, 1.82) is 0 Å². The Kier molecular flexibility index (Phi) is 4.42. The zero-order valence-corrected chi connectivity index (χ0v) is 12.0. The molecule has 0 atom stereocenters. The van der Waals surface area contributed by atoms with Crippen LogP contribution in [0, 0.1) is 15.5 Å². The van der Waals surface area contributed by atoms with Crippen molar-refractivity contribution in [2.45, 2.75) is 39.0 Å². The lowest BCUT2D eigenvalue weighted by atomic mass is 9.76. The number of hydrogen-bond acceptors (Lipinski definition) is 5. The monoisotopic (exact) mass is 279 g/mol. The zero-order chi connectivity index (χ0) is 14.6. The van der Waals surface area contributed by atoms with Crippen molar-refractivity contribution in [2.24, 2.45) is 5.41 Å². The summed E-state index contributed by atoms with van der Waals surface area (Å²) in [6.45, 7) is 2.93. The van der Waals surface area contributed by atoms with Crippen molar-refractivity contribution in [1.82, 2.24) is 4.98 Å². The van der Waals surface area contributed by atoms with Gasteiger partial charge >= 0.3 is 5.69 Å². The number of methoxy groups -OCH3 is 1. The second kappa shape index (κ2) is 6.07. The van der Waals surface area contributed by atoms with Crippen molar-refractivity contribution in [2.75, 3.05) is 19.0 Å². The maximum Gasteiger partial charge on any atom is 0.311 e. The lowest BCUT2D eigenvalue weighted by molar-refractivity contribution is -0.384. The molecule has 0 radical (unpaired) electrons. The molecule has 6 heteroatoms. The minimum Gasteiger partial charge on any atom is -0.481 e. The van der Waals surface area contributed by atoms with Crippen LogP contribution in [0.4, 0.5) is 11.5 Å². The molecule has 0 aliphatic heterocycles. The maximum atomic E-state index is 11.0. The normalized spacial score (nSPS) is 17.5. The summed E-state index contributed by atoms with van der Waals surface area (Å²) in [5.74, 6) is 0.674. The molecule has 1 aromatic heterocycles. The fraction of sp³-hybridized carbons (Fsp3) is 0.643. The molecule has 6 nitrogen and oxygen atoms in total. The van der Waals surface area contributed by atoms with Crippen LogP contribution < -0.4 is 10.1 Å². The minimum atomic E-state index is -0.419. The van der Waals surface area contributed by atoms with Crippen LogP contribution in [0.5, 0.6) is 5.88 Å². The Hall–Kier alpha value is -1.85. The Morgan fingerprint density at radius 3 is 2.70 bits per heavy atom. The highest BCUT2D eigenvalue weighted by Crippen LogP contribution is 2.36. The van der Waals surface area contributed by atoms with E-state index in [4.69, 9.17) is 4.74 Å². The summed E-state index contributed by atoms with van der Waals surface area (Å²) in [5, 5.41) is 14.2. The van der Waals surface area contributed by atoms with Gasteiger partial charge in [0.05, 0.1) is 12.0 Å². The third-order valence-corrected chi connectivity index (χ3v) is 4.00. The number of anilines is 1. The number of nitrogens with zero attached hydrogens (tertiary/aromatic N) is 2. The highest BCUT2D eigenvalue weighted by molar-refractivity contribution is 5.57. The van der Waals surface area contributed by atoms with E-state index in [1.165, 1.54) is 38.5 Å². The Balaban J connectivity index is 2.12. The van der Waals surface area contributed by atoms with Crippen molar-refractivity contribution in [3.63, 3.8) is 0 Å². The van der Waals surface area contributed by atoms with Gasteiger partial charge in [-0.1, -0.05) is 26.2 Å². The topological polar surface area (TPSA) is 77.3 Å². The molecule has 0 spiro atoms. The highest BCUT2D eigenvalue weighted by Gasteiger charge is 2.28. The molecule has 0 saturated heterocycles. The second-order valence-electron chi connectivity index (χ2n) is 5.70. The molecule has 0 aromatic carbocycles. The van der Waals surface area contributed by atoms with Crippen molar-refractivity contribution >= 4 is 11.5 Å². The van der Waals surface area contributed by atoms with Crippen LogP contribution in [-0.4, -0.2) is 23.6 Å². The quantitative estimate of drug-likeness (QED) is 0.660. The molecular formula is C14H21N3O3. The Morgan fingerprint density at radius 1 is 1.40 bits per heavy atom. The average molecular weight is 279 g/mol. The van der Waals surface area contributed by atoms with E-state index in [2.05, 4.69) is 17.2 Å². The Labute approximate surface area is 118 Å². The van der Waals surface area contributed by atoms with E-state index in [1.54, 1.807) is 0 Å². The van der Waals surface area contributed by atoms with Crippen LogP contribution in [0.3, 0.4) is 0 Å². The van der Waals surface area contributed by atoms with Gasteiger partial charge in [0.25, 0.3) is 0 Å². The number of ether oxygens (including phenoxy) is 1. The summed E-state index contributed by atoms with van der Waals surface area (Å²) in [7, 11) is 1.50. The molecule has 1 aromatic rings. The zero-order valence-electron chi connectivity index (χ0n) is 12.0. The van der Waals surface area contributed by atoms with E-state index >= 15 is 0 Å². The number of nitrogens with one attached hydrogen (secondary N) is 1. The standard InChI is InChI=1S/C14H21N3O3/c1-14(8-4-3-5-9-14)10-15-13-11(17(18)19)6-7-12(16-13)20-2/h6-7H,3-5,8-10H2,1-2H3,(H,15,16). The minimum absolute atomic E-state index is 0.00907. The number of nitro groups is 1. The molecule has 1 fully saturated rings. The highest BCUT2D eigenvalue weighted by atomic mass is 16.6. The molecule has 1 saturated carbocycles. The molecule has 0 unspecified atom stereocenters. The van der Waals surface area contributed by atoms with Gasteiger partial charge < -0.3 is 10.1 Å². The predicted octanol–water partition coefficient (Wildman–Crippen LogP) is 3.38. The molecule has 110 valence electrons. The molecule has 1 heterocycles. The first-order valence-electron chi connectivity index (χ1n) is 6.97. The molecule has 0 bridgehead atoms. The maximum absolute atomic E-state index is 11.0. The smallest absolute Gasteiger partial charge is 0.311 e. The molecular weight excluding hydrogens is 258 g/mol. The summed E-state index contributed by atoms with van der Waals surface area (Å²) in [5.41, 5.74) is 0.182. The van der Waals surface area contributed by atoms with E-state index in [9.17, 15) is 10.1 Å². The summed E-state index contributed by atoms with van der Waals surface area (Å²) in [6, 6.07) is 2.93. The third kappa shape index (κ3) is 3.37. The van der Waals surface area contributed by atoms with Gasteiger partial charge in [-0.15, -0.1) is 0 Å². The van der Waals surface area contributed by atoms with E-state index < -0.39 is 4.92 Å². The van der Waals surface area contributed by atoms with E-state index in [1.807, 2.05) is 0 Å². The van der Waals surface area contributed by atoms with E-state index in [0.717, 1.165) is 12.8 Å².